The van der Waals surface area contributed by atoms with Gasteiger partial charge in [0.2, 0.25) is 15.9 Å². The first-order valence-corrected chi connectivity index (χ1v) is 9.34. The second-order valence-corrected chi connectivity index (χ2v) is 7.70. The Kier molecular flexibility index (Phi) is 5.75. The second-order valence-electron chi connectivity index (χ2n) is 5.80. The molecule has 1 saturated heterocycles. The fraction of sp³-hybridized carbons (Fsp3) is 0.562. The molecule has 1 aromatic rings. The lowest BCUT2D eigenvalue weighted by Crippen LogP contribution is -2.37. The van der Waals surface area contributed by atoms with E-state index >= 15 is 0 Å². The third kappa shape index (κ3) is 4.09. The van der Waals surface area contributed by atoms with E-state index in [0.29, 0.717) is 38.0 Å². The van der Waals surface area contributed by atoms with Gasteiger partial charge < -0.3 is 4.90 Å². The number of carbonyl (C=O) groups excluding carboxylic acids is 1. The Morgan fingerprint density at radius 3 is 2.61 bits per heavy atom. The normalized spacial score (nSPS) is 17.1. The van der Waals surface area contributed by atoms with E-state index in [0.717, 1.165) is 12.5 Å². The van der Waals surface area contributed by atoms with Crippen molar-refractivity contribution < 1.29 is 17.6 Å². The van der Waals surface area contributed by atoms with Gasteiger partial charge in [0.25, 0.3) is 0 Å². The summed E-state index contributed by atoms with van der Waals surface area (Å²) >= 11 is 0. The summed E-state index contributed by atoms with van der Waals surface area (Å²) in [5, 5.41) is 0. The molecule has 0 atom stereocenters. The van der Waals surface area contributed by atoms with Crippen molar-refractivity contribution in [3.63, 3.8) is 0 Å². The molecule has 0 aromatic heterocycles. The molecule has 128 valence electrons. The maximum atomic E-state index is 13.2. The molecule has 1 aromatic carbocycles. The first-order chi connectivity index (χ1) is 10.9. The second kappa shape index (κ2) is 7.40. The van der Waals surface area contributed by atoms with Crippen LogP contribution in [0, 0.1) is 12.7 Å². The van der Waals surface area contributed by atoms with Gasteiger partial charge in [-0.05, 0) is 43.5 Å². The van der Waals surface area contributed by atoms with Crippen LogP contribution in [0.4, 0.5) is 4.39 Å². The number of aryl methyl sites for hydroxylation is 1. The van der Waals surface area contributed by atoms with Gasteiger partial charge in [0.1, 0.15) is 5.82 Å². The lowest BCUT2D eigenvalue weighted by Gasteiger charge is -2.22. The fourth-order valence-electron chi connectivity index (χ4n) is 2.80. The molecule has 0 radical (unpaired) electrons. The smallest absolute Gasteiger partial charge is 0.243 e. The standard InChI is InChI=1S/C16H23FN2O3S/c1-3-5-16(20)18-8-4-9-19(11-10-18)23(21,22)15-7-6-14(17)12-13(15)2/h6-7,12H,3-5,8-11H2,1-2H3. The van der Waals surface area contributed by atoms with Crippen molar-refractivity contribution >= 4 is 15.9 Å². The van der Waals surface area contributed by atoms with E-state index in [1.165, 1.54) is 16.4 Å². The maximum absolute atomic E-state index is 13.2. The summed E-state index contributed by atoms with van der Waals surface area (Å²) in [6.07, 6.45) is 1.88. The molecule has 0 saturated carbocycles. The van der Waals surface area contributed by atoms with Gasteiger partial charge in [0.15, 0.2) is 0 Å². The highest BCUT2D eigenvalue weighted by Gasteiger charge is 2.29. The average Bonchev–Trinajstić information content (AvgIpc) is 2.73. The Morgan fingerprint density at radius 2 is 1.96 bits per heavy atom. The lowest BCUT2D eigenvalue weighted by atomic mass is 10.2. The Bertz CT molecular complexity index is 676. The summed E-state index contributed by atoms with van der Waals surface area (Å²) < 4.78 is 40.1. The van der Waals surface area contributed by atoms with Gasteiger partial charge >= 0.3 is 0 Å². The molecule has 1 aliphatic heterocycles. The predicted molar refractivity (Wildman–Crippen MR) is 86.0 cm³/mol. The van der Waals surface area contributed by atoms with Crippen molar-refractivity contribution in [3.05, 3.63) is 29.6 Å². The van der Waals surface area contributed by atoms with Crippen LogP contribution in [0.15, 0.2) is 23.1 Å². The van der Waals surface area contributed by atoms with E-state index in [-0.39, 0.29) is 17.3 Å². The van der Waals surface area contributed by atoms with Gasteiger partial charge in [-0.15, -0.1) is 0 Å². The molecule has 0 aliphatic carbocycles. The molecular formula is C16H23FN2O3S. The van der Waals surface area contributed by atoms with Crippen LogP contribution < -0.4 is 0 Å². The molecule has 0 bridgehead atoms. The highest BCUT2D eigenvalue weighted by atomic mass is 32.2. The minimum Gasteiger partial charge on any atom is -0.341 e. The number of halogens is 1. The molecule has 7 heteroatoms. The van der Waals surface area contributed by atoms with Crippen LogP contribution in [0.1, 0.15) is 31.7 Å². The summed E-state index contributed by atoms with van der Waals surface area (Å²) in [5.41, 5.74) is 0.396. The van der Waals surface area contributed by atoms with Gasteiger partial charge in [-0.1, -0.05) is 6.92 Å². The number of benzene rings is 1. The highest BCUT2D eigenvalue weighted by molar-refractivity contribution is 7.89. The summed E-state index contributed by atoms with van der Waals surface area (Å²) in [7, 11) is -3.67. The van der Waals surface area contributed by atoms with Crippen LogP contribution in [0.25, 0.3) is 0 Å². The maximum Gasteiger partial charge on any atom is 0.243 e. The van der Waals surface area contributed by atoms with E-state index in [1.54, 1.807) is 11.8 Å². The zero-order valence-electron chi connectivity index (χ0n) is 13.6. The Labute approximate surface area is 137 Å². The van der Waals surface area contributed by atoms with Crippen LogP contribution in [0.5, 0.6) is 0 Å². The largest absolute Gasteiger partial charge is 0.341 e. The van der Waals surface area contributed by atoms with Crippen LogP contribution in [-0.4, -0.2) is 49.7 Å². The Hall–Kier alpha value is -1.47. The SMILES string of the molecule is CCCC(=O)N1CCCN(S(=O)(=O)c2ccc(F)cc2C)CC1. The van der Waals surface area contributed by atoms with Crippen LogP contribution in [-0.2, 0) is 14.8 Å². The lowest BCUT2D eigenvalue weighted by molar-refractivity contribution is -0.131. The molecule has 5 nitrogen and oxygen atoms in total. The Morgan fingerprint density at radius 1 is 1.22 bits per heavy atom. The van der Waals surface area contributed by atoms with E-state index in [9.17, 15) is 17.6 Å². The highest BCUT2D eigenvalue weighted by Crippen LogP contribution is 2.22. The number of nitrogens with zero attached hydrogens (tertiary/aromatic N) is 2. The number of hydrogen-bond acceptors (Lipinski definition) is 3. The predicted octanol–water partition coefficient (Wildman–Crippen LogP) is 2.16. The summed E-state index contributed by atoms with van der Waals surface area (Å²) in [6, 6.07) is 3.70. The van der Waals surface area contributed by atoms with Crippen molar-refractivity contribution in [1.29, 1.82) is 0 Å². The average molecular weight is 342 g/mol. The monoisotopic (exact) mass is 342 g/mol. The zero-order chi connectivity index (χ0) is 17.0. The van der Waals surface area contributed by atoms with Crippen molar-refractivity contribution in [2.45, 2.75) is 38.0 Å². The summed E-state index contributed by atoms with van der Waals surface area (Å²) in [6.45, 7) is 5.16. The van der Waals surface area contributed by atoms with Crippen molar-refractivity contribution in [3.8, 4) is 0 Å². The topological polar surface area (TPSA) is 57.7 Å². The van der Waals surface area contributed by atoms with Crippen LogP contribution in [0.2, 0.25) is 0 Å². The minimum absolute atomic E-state index is 0.0738. The molecule has 23 heavy (non-hydrogen) atoms. The van der Waals surface area contributed by atoms with E-state index in [1.807, 2.05) is 6.92 Å². The molecule has 0 unspecified atom stereocenters. The van der Waals surface area contributed by atoms with Gasteiger partial charge in [-0.3, -0.25) is 4.79 Å². The molecule has 0 N–H and O–H groups in total. The molecule has 0 spiro atoms. The third-order valence-corrected chi connectivity index (χ3v) is 6.09. The summed E-state index contributed by atoms with van der Waals surface area (Å²) in [5.74, 6) is -0.377. The first-order valence-electron chi connectivity index (χ1n) is 7.90. The van der Waals surface area contributed by atoms with E-state index in [2.05, 4.69) is 0 Å². The molecule has 2 rings (SSSR count). The minimum atomic E-state index is -3.67. The third-order valence-electron chi connectivity index (χ3n) is 4.03. The summed E-state index contributed by atoms with van der Waals surface area (Å²) in [4.78, 5) is 13.8. The molecule has 1 heterocycles. The van der Waals surface area contributed by atoms with Gasteiger partial charge in [0.05, 0.1) is 4.90 Å². The number of carbonyl (C=O) groups is 1. The number of amides is 1. The van der Waals surface area contributed by atoms with E-state index in [4.69, 9.17) is 0 Å². The molecule has 1 fully saturated rings. The number of sulfonamides is 1. The quantitative estimate of drug-likeness (QED) is 0.842. The van der Waals surface area contributed by atoms with Crippen molar-refractivity contribution in [2.24, 2.45) is 0 Å². The molecule has 1 aliphatic rings. The first kappa shape index (κ1) is 17.9. The molecule has 1 amide bonds. The van der Waals surface area contributed by atoms with E-state index < -0.39 is 15.8 Å². The number of rotatable bonds is 4. The molecular weight excluding hydrogens is 319 g/mol. The van der Waals surface area contributed by atoms with Gasteiger partial charge in [-0.2, -0.15) is 4.31 Å². The zero-order valence-corrected chi connectivity index (χ0v) is 14.4. The number of hydrogen-bond donors (Lipinski definition) is 0. The van der Waals surface area contributed by atoms with Gasteiger partial charge in [-0.25, -0.2) is 12.8 Å². The van der Waals surface area contributed by atoms with Crippen molar-refractivity contribution in [2.75, 3.05) is 26.2 Å². The van der Waals surface area contributed by atoms with Crippen molar-refractivity contribution in [1.82, 2.24) is 9.21 Å². The Balaban J connectivity index is 2.16. The van der Waals surface area contributed by atoms with Gasteiger partial charge in [0, 0.05) is 32.6 Å². The van der Waals surface area contributed by atoms with Crippen LogP contribution >= 0.6 is 0 Å². The van der Waals surface area contributed by atoms with Crippen LogP contribution in [0.3, 0.4) is 0 Å². The fourth-order valence-corrected chi connectivity index (χ4v) is 4.47.